The Kier molecular flexibility index (Phi) is 5.53. The second-order valence-corrected chi connectivity index (χ2v) is 10.6. The number of aromatic nitrogens is 3. The van der Waals surface area contributed by atoms with E-state index in [9.17, 15) is 23.5 Å². The summed E-state index contributed by atoms with van der Waals surface area (Å²) >= 11 is 0. The molecule has 0 saturated carbocycles. The molecule has 2 atom stereocenters. The van der Waals surface area contributed by atoms with Crippen LogP contribution in [0.5, 0.6) is 5.75 Å². The van der Waals surface area contributed by atoms with Crippen LogP contribution in [-0.4, -0.2) is 73.7 Å². The molecule has 0 saturated heterocycles. The molecule has 0 fully saturated rings. The van der Waals surface area contributed by atoms with Crippen LogP contribution in [0, 0.1) is 0 Å². The van der Waals surface area contributed by atoms with Crippen molar-refractivity contribution in [1.82, 2.24) is 24.4 Å². The highest BCUT2D eigenvalue weighted by Gasteiger charge is 2.46. The third-order valence-electron chi connectivity index (χ3n) is 7.94. The number of hydrogen-bond acceptors (Lipinski definition) is 6. The number of hydrogen-bond donors (Lipinski definition) is 1. The molecule has 1 aliphatic carbocycles. The molecule has 2 unspecified atom stereocenters. The van der Waals surface area contributed by atoms with Gasteiger partial charge in [-0.2, -0.15) is 13.9 Å². The first kappa shape index (κ1) is 24.5. The van der Waals surface area contributed by atoms with Crippen LogP contribution in [0.15, 0.2) is 36.5 Å². The Bertz CT molecular complexity index is 1510. The SMILES string of the molecule is CN1C(=O)c2cccc(OC(F)F)c2C2CC1c1nn3ccc(C4=CC(=O)N(C(C)(C)CO)CC4)nc3c12. The van der Waals surface area contributed by atoms with Gasteiger partial charge in [-0.3, -0.25) is 9.59 Å². The van der Waals surface area contributed by atoms with E-state index in [2.05, 4.69) is 0 Å². The van der Waals surface area contributed by atoms with Crippen molar-refractivity contribution in [3.05, 3.63) is 64.6 Å². The summed E-state index contributed by atoms with van der Waals surface area (Å²) in [5.41, 5.74) is 3.46. The van der Waals surface area contributed by atoms with Crippen molar-refractivity contribution in [2.75, 3.05) is 20.2 Å². The van der Waals surface area contributed by atoms with Crippen LogP contribution in [0.3, 0.4) is 0 Å². The minimum Gasteiger partial charge on any atom is -0.434 e. The second kappa shape index (κ2) is 8.59. The van der Waals surface area contributed by atoms with E-state index in [1.54, 1.807) is 51.8 Å². The van der Waals surface area contributed by atoms with Crippen molar-refractivity contribution in [3.8, 4) is 5.75 Å². The maximum Gasteiger partial charge on any atom is 0.387 e. The first-order valence-corrected chi connectivity index (χ1v) is 12.5. The number of alkyl halides is 2. The number of aliphatic hydroxyl groups is 1. The zero-order valence-electron chi connectivity index (χ0n) is 21.2. The highest BCUT2D eigenvalue weighted by Crippen LogP contribution is 2.53. The Morgan fingerprint density at radius 3 is 2.71 bits per heavy atom. The molecule has 2 aromatic heterocycles. The lowest BCUT2D eigenvalue weighted by Crippen LogP contribution is -2.51. The van der Waals surface area contributed by atoms with E-state index >= 15 is 0 Å². The maximum absolute atomic E-state index is 13.3. The van der Waals surface area contributed by atoms with E-state index in [0.29, 0.717) is 47.5 Å². The van der Waals surface area contributed by atoms with Gasteiger partial charge < -0.3 is 19.6 Å². The summed E-state index contributed by atoms with van der Waals surface area (Å²) in [4.78, 5) is 34.3. The lowest BCUT2D eigenvalue weighted by atomic mass is 9.89. The van der Waals surface area contributed by atoms with Crippen molar-refractivity contribution in [1.29, 1.82) is 0 Å². The molecule has 38 heavy (non-hydrogen) atoms. The summed E-state index contributed by atoms with van der Waals surface area (Å²) in [5, 5.41) is 14.4. The maximum atomic E-state index is 13.3. The summed E-state index contributed by atoms with van der Waals surface area (Å²) < 4.78 is 33.1. The molecule has 3 aromatic rings. The van der Waals surface area contributed by atoms with E-state index in [1.807, 2.05) is 13.8 Å². The number of fused-ring (bicyclic) bond motifs is 9. The molecule has 0 radical (unpaired) electrons. The lowest BCUT2D eigenvalue weighted by Gasteiger charge is -2.39. The van der Waals surface area contributed by atoms with E-state index in [0.717, 1.165) is 11.1 Å². The number of carbonyl (C=O) groups excluding carboxylic acids is 2. The Balaban J connectivity index is 1.47. The first-order chi connectivity index (χ1) is 18.1. The number of halogens is 2. The van der Waals surface area contributed by atoms with Gasteiger partial charge in [0, 0.05) is 48.5 Å². The van der Waals surface area contributed by atoms with Gasteiger partial charge in [-0.25, -0.2) is 9.50 Å². The molecule has 2 bridgehead atoms. The molecular weight excluding hydrogens is 496 g/mol. The van der Waals surface area contributed by atoms with Crippen LogP contribution in [-0.2, 0) is 4.79 Å². The predicted molar refractivity (Wildman–Crippen MR) is 133 cm³/mol. The van der Waals surface area contributed by atoms with Crippen LogP contribution in [0.4, 0.5) is 8.78 Å². The summed E-state index contributed by atoms with van der Waals surface area (Å²) in [6.07, 6.45) is 4.36. The standard InChI is InChI=1S/C27H27F2N5O4/c1-27(2,13-35)33-9-7-14(11-20(33)36)17-8-10-34-24(30-17)22-16-12-18(23(22)31-34)32(3)25(37)15-5-4-6-19(21(15)16)38-26(28)29/h4-6,8,10-11,16,18,26,35H,7,9,12-13H2,1-3H3. The van der Waals surface area contributed by atoms with Crippen LogP contribution >= 0.6 is 0 Å². The highest BCUT2D eigenvalue weighted by molar-refractivity contribution is 5.98. The number of benzene rings is 1. The Hall–Kier alpha value is -3.86. The van der Waals surface area contributed by atoms with Gasteiger partial charge in [-0.05, 0) is 50.5 Å². The lowest BCUT2D eigenvalue weighted by molar-refractivity contribution is -0.133. The molecule has 4 heterocycles. The molecular formula is C27H27F2N5O4. The zero-order valence-corrected chi connectivity index (χ0v) is 21.2. The molecule has 0 spiro atoms. The molecule has 198 valence electrons. The average molecular weight is 524 g/mol. The molecule has 9 nitrogen and oxygen atoms in total. The quantitative estimate of drug-likeness (QED) is 0.551. The highest BCUT2D eigenvalue weighted by atomic mass is 19.3. The van der Waals surface area contributed by atoms with Crippen molar-refractivity contribution in [2.45, 2.75) is 50.8 Å². The van der Waals surface area contributed by atoms with Gasteiger partial charge in [0.2, 0.25) is 5.91 Å². The van der Waals surface area contributed by atoms with Gasteiger partial charge in [0.15, 0.2) is 5.65 Å². The van der Waals surface area contributed by atoms with Crippen LogP contribution in [0.25, 0.3) is 11.2 Å². The molecule has 11 heteroatoms. The fourth-order valence-electron chi connectivity index (χ4n) is 5.93. The second-order valence-electron chi connectivity index (χ2n) is 10.6. The smallest absolute Gasteiger partial charge is 0.387 e. The summed E-state index contributed by atoms with van der Waals surface area (Å²) in [7, 11) is 1.69. The van der Waals surface area contributed by atoms with Gasteiger partial charge in [-0.15, -0.1) is 0 Å². The number of rotatable bonds is 5. The van der Waals surface area contributed by atoms with E-state index in [1.165, 1.54) is 6.07 Å². The third kappa shape index (κ3) is 3.59. The van der Waals surface area contributed by atoms with Crippen molar-refractivity contribution < 1.29 is 28.2 Å². The monoisotopic (exact) mass is 523 g/mol. The van der Waals surface area contributed by atoms with Crippen LogP contribution in [0.1, 0.15) is 71.5 Å². The van der Waals surface area contributed by atoms with Crippen molar-refractivity contribution >= 4 is 23.0 Å². The van der Waals surface area contributed by atoms with Crippen molar-refractivity contribution in [2.24, 2.45) is 0 Å². The number of aliphatic hydroxyl groups excluding tert-OH is 1. The average Bonchev–Trinajstić information content (AvgIpc) is 3.41. The number of nitrogens with zero attached hydrogens (tertiary/aromatic N) is 5. The zero-order chi connectivity index (χ0) is 26.9. The number of carbonyl (C=O) groups is 2. The normalized spacial score (nSPS) is 21.1. The topological polar surface area (TPSA) is 100 Å². The third-order valence-corrected chi connectivity index (χ3v) is 7.94. The van der Waals surface area contributed by atoms with E-state index < -0.39 is 18.1 Å². The minimum atomic E-state index is -3.03. The Labute approximate surface area is 217 Å². The van der Waals surface area contributed by atoms with Crippen LogP contribution in [0.2, 0.25) is 0 Å². The molecule has 2 amide bonds. The Morgan fingerprint density at radius 2 is 2.00 bits per heavy atom. The number of ether oxygens (including phenoxy) is 1. The largest absolute Gasteiger partial charge is 0.434 e. The number of amides is 2. The molecule has 3 aliphatic rings. The van der Waals surface area contributed by atoms with Crippen molar-refractivity contribution in [3.63, 3.8) is 0 Å². The van der Waals surface area contributed by atoms with Gasteiger partial charge >= 0.3 is 6.61 Å². The van der Waals surface area contributed by atoms with Gasteiger partial charge in [0.25, 0.3) is 5.91 Å². The van der Waals surface area contributed by atoms with E-state index in [4.69, 9.17) is 14.8 Å². The summed E-state index contributed by atoms with van der Waals surface area (Å²) in [5.74, 6) is -0.914. The Morgan fingerprint density at radius 1 is 1.21 bits per heavy atom. The van der Waals surface area contributed by atoms with Gasteiger partial charge in [-0.1, -0.05) is 6.07 Å². The predicted octanol–water partition coefficient (Wildman–Crippen LogP) is 3.38. The van der Waals surface area contributed by atoms with Gasteiger partial charge in [0.05, 0.1) is 29.6 Å². The summed E-state index contributed by atoms with van der Waals surface area (Å²) in [6.45, 7) is 0.897. The molecule has 1 aromatic carbocycles. The van der Waals surface area contributed by atoms with Gasteiger partial charge in [0.1, 0.15) is 5.75 Å². The first-order valence-electron chi connectivity index (χ1n) is 12.5. The molecule has 1 N–H and O–H groups in total. The van der Waals surface area contributed by atoms with Crippen LogP contribution < -0.4 is 4.74 Å². The minimum absolute atomic E-state index is 0.0274. The summed E-state index contributed by atoms with van der Waals surface area (Å²) in [6, 6.07) is 6.08. The fourth-order valence-corrected chi connectivity index (χ4v) is 5.93. The fraction of sp³-hybridized carbons (Fsp3) is 0.407. The molecule has 6 rings (SSSR count). The molecule has 2 aliphatic heterocycles. The van der Waals surface area contributed by atoms with E-state index in [-0.39, 0.29) is 30.2 Å².